The summed E-state index contributed by atoms with van der Waals surface area (Å²) >= 11 is 3.60. The molecule has 0 spiro atoms. The molecule has 2 rings (SSSR count). The Morgan fingerprint density at radius 1 is 1.50 bits per heavy atom. The molecule has 18 heavy (non-hydrogen) atoms. The van der Waals surface area contributed by atoms with Crippen LogP contribution in [0, 0.1) is 18.3 Å². The lowest BCUT2D eigenvalue weighted by Crippen LogP contribution is -2.33. The van der Waals surface area contributed by atoms with Gasteiger partial charge >= 0.3 is 0 Å². The Hall–Kier alpha value is -0.860. The predicted molar refractivity (Wildman–Crippen MR) is 73.9 cm³/mol. The highest BCUT2D eigenvalue weighted by Crippen LogP contribution is 2.27. The molecule has 1 saturated carbocycles. The first kappa shape index (κ1) is 13.6. The number of nitriles is 1. The first-order valence-corrected chi connectivity index (χ1v) is 7.21. The van der Waals surface area contributed by atoms with E-state index in [0.29, 0.717) is 12.6 Å². The zero-order chi connectivity index (χ0) is 13.1. The van der Waals surface area contributed by atoms with E-state index in [1.54, 1.807) is 0 Å². The minimum absolute atomic E-state index is 0.501. The Bertz CT molecular complexity index is 454. The van der Waals surface area contributed by atoms with Gasteiger partial charge in [-0.05, 0) is 35.7 Å². The smallest absolute Gasteiger partial charge is 0.0871 e. The number of aryl methyl sites for hydroxylation is 2. The van der Waals surface area contributed by atoms with E-state index >= 15 is 0 Å². The van der Waals surface area contributed by atoms with Crippen LogP contribution in [0.1, 0.15) is 37.1 Å². The standard InChI is InChI=1S/C13H19BrN4/c1-10-13(14)12(17(2)16-10)9-18(8-7-15)11-5-3-4-6-11/h11H,3-6,8-9H2,1-2H3. The SMILES string of the molecule is Cc1nn(C)c(CN(CC#N)C2CCCC2)c1Br. The Labute approximate surface area is 117 Å². The lowest BCUT2D eigenvalue weighted by molar-refractivity contribution is 0.208. The van der Waals surface area contributed by atoms with Gasteiger partial charge in [-0.25, -0.2) is 0 Å². The van der Waals surface area contributed by atoms with Crippen molar-refractivity contribution in [1.82, 2.24) is 14.7 Å². The lowest BCUT2D eigenvalue weighted by atomic mass is 10.2. The summed E-state index contributed by atoms with van der Waals surface area (Å²) in [5.74, 6) is 0. The van der Waals surface area contributed by atoms with Gasteiger partial charge < -0.3 is 0 Å². The van der Waals surface area contributed by atoms with Gasteiger partial charge in [-0.2, -0.15) is 10.4 Å². The first-order valence-electron chi connectivity index (χ1n) is 6.42. The minimum Gasteiger partial charge on any atom is -0.282 e. The summed E-state index contributed by atoms with van der Waals surface area (Å²) in [6.07, 6.45) is 5.02. The average Bonchev–Trinajstić information content (AvgIpc) is 2.93. The Balaban J connectivity index is 2.15. The fraction of sp³-hybridized carbons (Fsp3) is 0.692. The summed E-state index contributed by atoms with van der Waals surface area (Å²) in [6.45, 7) is 3.30. The zero-order valence-corrected chi connectivity index (χ0v) is 12.6. The Morgan fingerprint density at radius 2 is 2.17 bits per heavy atom. The van der Waals surface area contributed by atoms with E-state index in [4.69, 9.17) is 5.26 Å². The van der Waals surface area contributed by atoms with E-state index < -0.39 is 0 Å². The van der Waals surface area contributed by atoms with Crippen LogP contribution in [0.2, 0.25) is 0 Å². The lowest BCUT2D eigenvalue weighted by Gasteiger charge is -2.26. The highest BCUT2D eigenvalue weighted by Gasteiger charge is 2.24. The van der Waals surface area contributed by atoms with Crippen LogP contribution < -0.4 is 0 Å². The van der Waals surface area contributed by atoms with Gasteiger partial charge in [0, 0.05) is 19.6 Å². The molecule has 1 fully saturated rings. The summed E-state index contributed by atoms with van der Waals surface area (Å²) in [5, 5.41) is 13.4. The number of nitrogens with zero attached hydrogens (tertiary/aromatic N) is 4. The van der Waals surface area contributed by atoms with Gasteiger partial charge in [0.2, 0.25) is 0 Å². The van der Waals surface area contributed by atoms with Crippen LogP contribution in [0.4, 0.5) is 0 Å². The van der Waals surface area contributed by atoms with Crippen LogP contribution in [-0.4, -0.2) is 27.3 Å². The molecule has 1 aromatic rings. The highest BCUT2D eigenvalue weighted by molar-refractivity contribution is 9.10. The number of hydrogen-bond donors (Lipinski definition) is 0. The molecule has 1 aliphatic carbocycles. The van der Waals surface area contributed by atoms with Gasteiger partial charge in [0.25, 0.3) is 0 Å². The highest BCUT2D eigenvalue weighted by atomic mass is 79.9. The van der Waals surface area contributed by atoms with Gasteiger partial charge in [0.1, 0.15) is 0 Å². The van der Waals surface area contributed by atoms with E-state index in [-0.39, 0.29) is 0 Å². The molecular formula is C13H19BrN4. The summed E-state index contributed by atoms with van der Waals surface area (Å²) in [5.41, 5.74) is 2.17. The molecule has 0 saturated heterocycles. The normalized spacial score (nSPS) is 16.4. The van der Waals surface area contributed by atoms with Crippen molar-refractivity contribution in [2.24, 2.45) is 7.05 Å². The van der Waals surface area contributed by atoms with Crippen LogP contribution >= 0.6 is 15.9 Å². The van der Waals surface area contributed by atoms with Gasteiger partial charge in [-0.1, -0.05) is 12.8 Å². The van der Waals surface area contributed by atoms with Gasteiger partial charge in [-0.3, -0.25) is 9.58 Å². The summed E-state index contributed by atoms with van der Waals surface area (Å²) in [6, 6.07) is 2.85. The van der Waals surface area contributed by atoms with Crippen molar-refractivity contribution in [2.45, 2.75) is 45.2 Å². The molecule has 0 radical (unpaired) electrons. The largest absolute Gasteiger partial charge is 0.282 e. The number of aromatic nitrogens is 2. The molecule has 1 heterocycles. The second-order valence-electron chi connectivity index (χ2n) is 4.97. The molecular weight excluding hydrogens is 292 g/mol. The summed E-state index contributed by atoms with van der Waals surface area (Å²) in [4.78, 5) is 2.29. The predicted octanol–water partition coefficient (Wildman–Crippen LogP) is 2.76. The molecule has 0 atom stereocenters. The maximum atomic E-state index is 8.99. The van der Waals surface area contributed by atoms with Crippen molar-refractivity contribution in [3.05, 3.63) is 15.9 Å². The van der Waals surface area contributed by atoms with E-state index in [1.165, 1.54) is 25.7 Å². The van der Waals surface area contributed by atoms with Crippen LogP contribution in [0.3, 0.4) is 0 Å². The van der Waals surface area contributed by atoms with Crippen LogP contribution in [0.25, 0.3) is 0 Å². The topological polar surface area (TPSA) is 44.9 Å². The third-order valence-corrected chi connectivity index (χ3v) is 4.76. The quantitative estimate of drug-likeness (QED) is 0.803. The molecule has 0 unspecified atom stereocenters. The van der Waals surface area contributed by atoms with E-state index in [9.17, 15) is 0 Å². The molecule has 98 valence electrons. The Kier molecular flexibility index (Phi) is 4.41. The molecule has 0 aliphatic heterocycles. The molecule has 0 N–H and O–H groups in total. The van der Waals surface area contributed by atoms with Gasteiger partial charge in [-0.15, -0.1) is 0 Å². The average molecular weight is 311 g/mol. The van der Waals surface area contributed by atoms with Gasteiger partial charge in [0.15, 0.2) is 0 Å². The van der Waals surface area contributed by atoms with Crippen LogP contribution in [0.5, 0.6) is 0 Å². The second-order valence-corrected chi connectivity index (χ2v) is 5.76. The zero-order valence-electron chi connectivity index (χ0n) is 11.0. The number of rotatable bonds is 4. The maximum Gasteiger partial charge on any atom is 0.0871 e. The molecule has 1 aliphatic rings. The molecule has 4 nitrogen and oxygen atoms in total. The maximum absolute atomic E-state index is 8.99. The minimum atomic E-state index is 0.501. The van der Waals surface area contributed by atoms with Crippen LogP contribution in [0.15, 0.2) is 4.47 Å². The van der Waals surface area contributed by atoms with Crippen molar-refractivity contribution in [2.75, 3.05) is 6.54 Å². The molecule has 0 amide bonds. The van der Waals surface area contributed by atoms with Gasteiger partial charge in [0.05, 0.1) is 28.5 Å². The van der Waals surface area contributed by atoms with E-state index in [0.717, 1.165) is 22.4 Å². The number of hydrogen-bond acceptors (Lipinski definition) is 3. The van der Waals surface area contributed by atoms with Crippen molar-refractivity contribution < 1.29 is 0 Å². The summed E-state index contributed by atoms with van der Waals surface area (Å²) < 4.78 is 2.99. The third-order valence-electron chi connectivity index (χ3n) is 3.73. The Morgan fingerprint density at radius 3 is 2.67 bits per heavy atom. The monoisotopic (exact) mass is 310 g/mol. The van der Waals surface area contributed by atoms with Crippen molar-refractivity contribution in [3.8, 4) is 6.07 Å². The molecule has 0 bridgehead atoms. The summed E-state index contributed by atoms with van der Waals surface area (Å²) in [7, 11) is 1.96. The van der Waals surface area contributed by atoms with Crippen molar-refractivity contribution in [3.63, 3.8) is 0 Å². The van der Waals surface area contributed by atoms with E-state index in [2.05, 4.69) is 32.0 Å². The van der Waals surface area contributed by atoms with Crippen molar-refractivity contribution >= 4 is 15.9 Å². The van der Waals surface area contributed by atoms with Crippen LogP contribution in [-0.2, 0) is 13.6 Å². The molecule has 0 aromatic carbocycles. The fourth-order valence-electron chi connectivity index (χ4n) is 2.72. The fourth-order valence-corrected chi connectivity index (χ4v) is 3.18. The molecule has 5 heteroatoms. The van der Waals surface area contributed by atoms with E-state index in [1.807, 2.05) is 18.7 Å². The third kappa shape index (κ3) is 2.76. The number of halogens is 1. The van der Waals surface area contributed by atoms with Crippen molar-refractivity contribution in [1.29, 1.82) is 5.26 Å². The molecule has 1 aromatic heterocycles. The first-order chi connectivity index (χ1) is 8.63. The second kappa shape index (κ2) is 5.85.